The number of amides is 1. The van der Waals surface area contributed by atoms with Gasteiger partial charge in [-0.3, -0.25) is 14.5 Å². The highest BCUT2D eigenvalue weighted by Gasteiger charge is 2.32. The van der Waals surface area contributed by atoms with Crippen molar-refractivity contribution in [3.05, 3.63) is 21.8 Å². The van der Waals surface area contributed by atoms with Crippen LogP contribution in [-0.4, -0.2) is 59.4 Å². The van der Waals surface area contributed by atoms with Gasteiger partial charge in [0.05, 0.1) is 24.0 Å². The molecular formula is C13H10I3NO8. The molecule has 136 valence electrons. The van der Waals surface area contributed by atoms with Gasteiger partial charge in [-0.1, -0.05) is 0 Å². The first-order valence-corrected chi connectivity index (χ1v) is 9.46. The molecule has 0 spiro atoms. The highest BCUT2D eigenvalue weighted by atomic mass is 127. The van der Waals surface area contributed by atoms with Gasteiger partial charge in [0.15, 0.2) is 0 Å². The zero-order valence-electron chi connectivity index (χ0n) is 12.4. The lowest BCUT2D eigenvalue weighted by Gasteiger charge is -2.25. The van der Waals surface area contributed by atoms with Crippen molar-refractivity contribution in [2.75, 3.05) is 25.2 Å². The van der Waals surface area contributed by atoms with Gasteiger partial charge in [-0.15, -0.1) is 0 Å². The predicted molar refractivity (Wildman–Crippen MR) is 110 cm³/mol. The Hall–Kier alpha value is -0.750. The maximum atomic E-state index is 12.3. The molecule has 0 aliphatic carbocycles. The lowest BCUT2D eigenvalue weighted by atomic mass is 10.1. The van der Waals surface area contributed by atoms with Crippen LogP contribution in [0.25, 0.3) is 0 Å². The molecule has 12 heteroatoms. The fraction of sp³-hybridized carbons (Fsp3) is 0.231. The summed E-state index contributed by atoms with van der Waals surface area (Å²) in [5.41, 5.74) is -0.704. The molecule has 0 heterocycles. The monoisotopic (exact) mass is 689 g/mol. The Morgan fingerprint density at radius 3 is 1.68 bits per heavy atom. The molecule has 25 heavy (non-hydrogen) atoms. The Bertz CT molecular complexity index is 723. The number of carbonyl (C=O) groups excluding carboxylic acids is 1. The van der Waals surface area contributed by atoms with Gasteiger partial charge in [-0.25, -0.2) is 9.59 Å². The average Bonchev–Trinajstić information content (AvgIpc) is 2.44. The van der Waals surface area contributed by atoms with Crippen LogP contribution in [0.1, 0.15) is 20.7 Å². The Kier molecular flexibility index (Phi) is 8.26. The molecule has 1 rings (SSSR count). The maximum absolute atomic E-state index is 12.3. The Morgan fingerprint density at radius 1 is 0.920 bits per heavy atom. The molecule has 9 nitrogen and oxygen atoms in total. The van der Waals surface area contributed by atoms with Crippen LogP contribution in [0.5, 0.6) is 0 Å². The van der Waals surface area contributed by atoms with Gasteiger partial charge in [0.25, 0.3) is 5.91 Å². The number of hydrogen-bond acceptors (Lipinski definition) is 5. The number of carboxylic acid groups (broad SMARTS) is 3. The molecule has 1 aromatic carbocycles. The molecule has 0 bridgehead atoms. The number of aliphatic carboxylic acids is 1. The van der Waals surface area contributed by atoms with Crippen molar-refractivity contribution < 1.29 is 39.2 Å². The van der Waals surface area contributed by atoms with Crippen LogP contribution in [0.2, 0.25) is 0 Å². The lowest BCUT2D eigenvalue weighted by molar-refractivity contribution is -0.137. The minimum Gasteiger partial charge on any atom is -0.480 e. The van der Waals surface area contributed by atoms with Crippen LogP contribution in [0.15, 0.2) is 0 Å². The third-order valence-electron chi connectivity index (χ3n) is 2.85. The summed E-state index contributed by atoms with van der Waals surface area (Å²) in [7, 11) is 1.24. The first kappa shape index (κ1) is 22.3. The van der Waals surface area contributed by atoms with Gasteiger partial charge in [-0.2, -0.15) is 0 Å². The number of hydrogen-bond donors (Lipinski definition) is 3. The fourth-order valence-corrected chi connectivity index (χ4v) is 6.56. The van der Waals surface area contributed by atoms with E-state index in [0.717, 1.165) is 4.90 Å². The Labute approximate surface area is 182 Å². The molecule has 3 N–H and O–H groups in total. The SMILES string of the molecule is COCC(=O)N(CC(=O)O)c1c(I)c(C(=O)O)c(I)c(C(=O)O)c1I. The smallest absolute Gasteiger partial charge is 0.337 e. The van der Waals surface area contributed by atoms with Crippen LogP contribution < -0.4 is 4.90 Å². The van der Waals surface area contributed by atoms with Crippen LogP contribution in [0, 0.1) is 10.7 Å². The van der Waals surface area contributed by atoms with Gasteiger partial charge < -0.3 is 20.1 Å². The molecule has 0 aromatic heterocycles. The first-order valence-electron chi connectivity index (χ1n) is 6.22. The van der Waals surface area contributed by atoms with E-state index in [0.29, 0.717) is 0 Å². The van der Waals surface area contributed by atoms with E-state index < -0.39 is 37.0 Å². The van der Waals surface area contributed by atoms with Crippen molar-refractivity contribution >= 4 is 97.3 Å². The van der Waals surface area contributed by atoms with E-state index in [9.17, 15) is 29.4 Å². The van der Waals surface area contributed by atoms with Crippen molar-refractivity contribution in [2.24, 2.45) is 0 Å². The zero-order chi connectivity index (χ0) is 19.5. The number of anilines is 1. The molecule has 0 saturated heterocycles. The summed E-state index contributed by atoms with van der Waals surface area (Å²) in [4.78, 5) is 47.4. The second-order valence-corrected chi connectivity index (χ2v) is 7.69. The van der Waals surface area contributed by atoms with Crippen molar-refractivity contribution in [1.29, 1.82) is 0 Å². The van der Waals surface area contributed by atoms with Crippen molar-refractivity contribution in [2.45, 2.75) is 0 Å². The van der Waals surface area contributed by atoms with E-state index in [4.69, 9.17) is 9.84 Å². The second kappa shape index (κ2) is 9.26. The van der Waals surface area contributed by atoms with E-state index in [2.05, 4.69) is 0 Å². The minimum atomic E-state index is -1.39. The topological polar surface area (TPSA) is 141 Å². The molecule has 0 fully saturated rings. The number of nitrogens with zero attached hydrogens (tertiary/aromatic N) is 1. The van der Waals surface area contributed by atoms with E-state index in [1.54, 1.807) is 67.8 Å². The number of carbonyl (C=O) groups is 4. The number of rotatable bonds is 7. The Morgan fingerprint density at radius 2 is 1.36 bits per heavy atom. The molecule has 1 amide bonds. The molecule has 0 radical (unpaired) electrons. The highest BCUT2D eigenvalue weighted by molar-refractivity contribution is 14.1. The van der Waals surface area contributed by atoms with Gasteiger partial charge in [-0.05, 0) is 67.8 Å². The fourth-order valence-electron chi connectivity index (χ4n) is 1.89. The normalized spacial score (nSPS) is 10.4. The third-order valence-corrected chi connectivity index (χ3v) is 6.03. The molecule has 1 aromatic rings. The van der Waals surface area contributed by atoms with Crippen LogP contribution in [-0.2, 0) is 14.3 Å². The van der Waals surface area contributed by atoms with E-state index >= 15 is 0 Å². The predicted octanol–water partition coefficient (Wildman–Crippen LogP) is 1.96. The molecule has 0 saturated carbocycles. The standard InChI is InChI=1S/C13H10I3NO8/c1-25-3-4(18)17(2-5(19)20)11-9(15)6(12(21)22)8(14)7(10(11)16)13(23)24/h2-3H2,1H3,(H,19,20)(H,21,22)(H,23,24). The summed E-state index contributed by atoms with van der Waals surface area (Å²) >= 11 is 4.93. The quantitative estimate of drug-likeness (QED) is 0.370. The molecular weight excluding hydrogens is 679 g/mol. The summed E-state index contributed by atoms with van der Waals surface area (Å²) in [6.07, 6.45) is 0. The number of methoxy groups -OCH3 is 1. The highest BCUT2D eigenvalue weighted by Crippen LogP contribution is 2.38. The summed E-state index contributed by atoms with van der Waals surface area (Å²) < 4.78 is 4.84. The van der Waals surface area contributed by atoms with Crippen LogP contribution >= 0.6 is 67.8 Å². The van der Waals surface area contributed by atoms with E-state index in [1.807, 2.05) is 0 Å². The second-order valence-electron chi connectivity index (χ2n) is 4.46. The summed E-state index contributed by atoms with van der Waals surface area (Å²) in [5, 5.41) is 27.9. The van der Waals surface area contributed by atoms with Gasteiger partial charge >= 0.3 is 17.9 Å². The number of halogens is 3. The summed E-state index contributed by atoms with van der Waals surface area (Å²) in [6.45, 7) is -1.22. The number of ether oxygens (including phenoxy) is 1. The van der Waals surface area contributed by atoms with Crippen LogP contribution in [0.3, 0.4) is 0 Å². The van der Waals surface area contributed by atoms with Gasteiger partial charge in [0, 0.05) is 10.7 Å². The van der Waals surface area contributed by atoms with Crippen molar-refractivity contribution in [3.8, 4) is 0 Å². The zero-order valence-corrected chi connectivity index (χ0v) is 18.9. The van der Waals surface area contributed by atoms with Crippen molar-refractivity contribution in [1.82, 2.24) is 0 Å². The van der Waals surface area contributed by atoms with Crippen molar-refractivity contribution in [3.63, 3.8) is 0 Å². The number of aromatic carboxylic acids is 2. The molecule has 0 aliphatic rings. The number of carboxylic acids is 3. The number of benzene rings is 1. The first-order chi connectivity index (χ1) is 11.5. The lowest BCUT2D eigenvalue weighted by Crippen LogP contribution is -2.39. The summed E-state index contributed by atoms with van der Waals surface area (Å²) in [5.74, 6) is -4.86. The summed E-state index contributed by atoms with van der Waals surface area (Å²) in [6, 6.07) is 0. The molecule has 0 unspecified atom stereocenters. The third kappa shape index (κ3) is 4.91. The van der Waals surface area contributed by atoms with Gasteiger partial charge in [0.1, 0.15) is 13.2 Å². The minimum absolute atomic E-state index is 0.00962. The maximum Gasteiger partial charge on any atom is 0.337 e. The van der Waals surface area contributed by atoms with Crippen LogP contribution in [0.4, 0.5) is 5.69 Å². The Balaban J connectivity index is 3.86. The molecule has 0 atom stereocenters. The largest absolute Gasteiger partial charge is 0.480 e. The molecule has 0 aliphatic heterocycles. The van der Waals surface area contributed by atoms with E-state index in [1.165, 1.54) is 7.11 Å². The van der Waals surface area contributed by atoms with Gasteiger partial charge in [0.2, 0.25) is 0 Å². The van der Waals surface area contributed by atoms with E-state index in [-0.39, 0.29) is 27.5 Å². The average molecular weight is 689 g/mol.